The zero-order valence-electron chi connectivity index (χ0n) is 11.2. The van der Waals surface area contributed by atoms with Crippen LogP contribution in [-0.2, 0) is 0 Å². The smallest absolute Gasteiger partial charge is 0.354 e. The van der Waals surface area contributed by atoms with Crippen molar-refractivity contribution in [3.63, 3.8) is 0 Å². The topological polar surface area (TPSA) is 82.5 Å². The van der Waals surface area contributed by atoms with Gasteiger partial charge in [0.25, 0.3) is 0 Å². The van der Waals surface area contributed by atoms with Crippen LogP contribution in [-0.4, -0.2) is 51.1 Å². The number of rotatable bonds is 3. The van der Waals surface area contributed by atoms with Gasteiger partial charge in [0.15, 0.2) is 0 Å². The lowest BCUT2D eigenvalue weighted by Crippen LogP contribution is -2.43. The maximum atomic E-state index is 12.1. The van der Waals surface area contributed by atoms with Crippen molar-refractivity contribution in [2.45, 2.75) is 18.6 Å². The van der Waals surface area contributed by atoms with Crippen molar-refractivity contribution < 1.29 is 14.7 Å². The lowest BCUT2D eigenvalue weighted by atomic mass is 10.3. The average molecular weight is 295 g/mol. The van der Waals surface area contributed by atoms with Crippen molar-refractivity contribution in [2.75, 3.05) is 24.2 Å². The van der Waals surface area contributed by atoms with Crippen molar-refractivity contribution in [3.8, 4) is 0 Å². The number of hydrogen-bond acceptors (Lipinski definition) is 4. The highest BCUT2D eigenvalue weighted by Crippen LogP contribution is 2.21. The number of carbonyl (C=O) groups is 2. The lowest BCUT2D eigenvalue weighted by molar-refractivity contribution is 0.0690. The van der Waals surface area contributed by atoms with Crippen molar-refractivity contribution in [2.24, 2.45) is 0 Å². The Kier molecular flexibility index (Phi) is 4.84. The van der Waals surface area contributed by atoms with Crippen LogP contribution in [0.5, 0.6) is 0 Å². The van der Waals surface area contributed by atoms with Gasteiger partial charge in [0.05, 0.1) is 11.9 Å². The van der Waals surface area contributed by atoms with E-state index in [1.165, 1.54) is 12.3 Å². The summed E-state index contributed by atoms with van der Waals surface area (Å²) >= 11 is 1.90. The summed E-state index contributed by atoms with van der Waals surface area (Å²) in [5.41, 5.74) is 0.467. The average Bonchev–Trinajstić information content (AvgIpc) is 2.47. The van der Waals surface area contributed by atoms with Crippen LogP contribution in [0.15, 0.2) is 18.3 Å². The van der Waals surface area contributed by atoms with E-state index in [1.807, 2.05) is 11.8 Å². The molecular weight excluding hydrogens is 278 g/mol. The SMILES string of the molecule is CCC1CN(C(=O)Nc2ccc(C(=O)O)nc2)CCS1. The van der Waals surface area contributed by atoms with Gasteiger partial charge < -0.3 is 15.3 Å². The van der Waals surface area contributed by atoms with Gasteiger partial charge in [-0.25, -0.2) is 14.6 Å². The molecule has 0 radical (unpaired) electrons. The van der Waals surface area contributed by atoms with Crippen LogP contribution < -0.4 is 5.32 Å². The molecule has 2 heterocycles. The summed E-state index contributed by atoms with van der Waals surface area (Å²) < 4.78 is 0. The van der Waals surface area contributed by atoms with E-state index in [0.717, 1.165) is 25.3 Å². The Morgan fingerprint density at radius 1 is 1.55 bits per heavy atom. The molecule has 0 saturated carbocycles. The Labute approximate surface area is 121 Å². The number of anilines is 1. The summed E-state index contributed by atoms with van der Waals surface area (Å²) in [6, 6.07) is 2.76. The molecule has 2 N–H and O–H groups in total. The zero-order valence-corrected chi connectivity index (χ0v) is 12.0. The molecule has 108 valence electrons. The van der Waals surface area contributed by atoms with Gasteiger partial charge >= 0.3 is 12.0 Å². The van der Waals surface area contributed by atoms with Gasteiger partial charge in [-0.3, -0.25) is 0 Å². The fraction of sp³-hybridized carbons (Fsp3) is 0.462. The van der Waals surface area contributed by atoms with E-state index in [4.69, 9.17) is 5.11 Å². The molecule has 6 nitrogen and oxygen atoms in total. The molecule has 0 aromatic carbocycles. The molecule has 1 fully saturated rings. The Hall–Kier alpha value is -1.76. The molecule has 0 bridgehead atoms. The van der Waals surface area contributed by atoms with E-state index in [9.17, 15) is 9.59 Å². The van der Waals surface area contributed by atoms with Gasteiger partial charge in [-0.1, -0.05) is 6.92 Å². The number of hydrogen-bond donors (Lipinski definition) is 2. The lowest BCUT2D eigenvalue weighted by Gasteiger charge is -2.31. The number of carboxylic acids is 1. The summed E-state index contributed by atoms with van der Waals surface area (Å²) in [5, 5.41) is 12.0. The Balaban J connectivity index is 1.95. The third-order valence-electron chi connectivity index (χ3n) is 3.12. The summed E-state index contributed by atoms with van der Waals surface area (Å²) in [6.07, 6.45) is 2.40. The maximum absolute atomic E-state index is 12.1. The van der Waals surface area contributed by atoms with E-state index in [2.05, 4.69) is 17.2 Å². The number of urea groups is 1. The maximum Gasteiger partial charge on any atom is 0.354 e. The van der Waals surface area contributed by atoms with E-state index >= 15 is 0 Å². The van der Waals surface area contributed by atoms with E-state index in [-0.39, 0.29) is 11.7 Å². The first-order chi connectivity index (χ1) is 9.60. The molecule has 7 heteroatoms. The van der Waals surface area contributed by atoms with Gasteiger partial charge in [0.1, 0.15) is 5.69 Å². The number of amides is 2. The number of aromatic carboxylic acids is 1. The molecule has 0 aliphatic carbocycles. The zero-order chi connectivity index (χ0) is 14.5. The first-order valence-corrected chi connectivity index (χ1v) is 7.52. The fourth-order valence-corrected chi connectivity index (χ4v) is 3.13. The molecule has 1 aliphatic rings. The van der Waals surface area contributed by atoms with Gasteiger partial charge in [-0.05, 0) is 18.6 Å². The monoisotopic (exact) mass is 295 g/mol. The van der Waals surface area contributed by atoms with Crippen molar-refractivity contribution >= 4 is 29.4 Å². The largest absolute Gasteiger partial charge is 0.477 e. The Morgan fingerprint density at radius 3 is 2.95 bits per heavy atom. The molecule has 1 aromatic rings. The highest BCUT2D eigenvalue weighted by atomic mass is 32.2. The quantitative estimate of drug-likeness (QED) is 0.892. The number of thioether (sulfide) groups is 1. The second-order valence-electron chi connectivity index (χ2n) is 4.51. The normalized spacial score (nSPS) is 18.6. The number of nitrogens with zero attached hydrogens (tertiary/aromatic N) is 2. The van der Waals surface area contributed by atoms with Crippen LogP contribution in [0.2, 0.25) is 0 Å². The highest BCUT2D eigenvalue weighted by Gasteiger charge is 2.23. The molecule has 2 amide bonds. The summed E-state index contributed by atoms with van der Waals surface area (Å²) in [6.45, 7) is 3.59. The third kappa shape index (κ3) is 3.63. The van der Waals surface area contributed by atoms with Crippen LogP contribution in [0, 0.1) is 0 Å². The minimum Gasteiger partial charge on any atom is -0.477 e. The number of carboxylic acid groups (broad SMARTS) is 1. The first-order valence-electron chi connectivity index (χ1n) is 6.47. The molecular formula is C13H17N3O3S. The molecule has 2 rings (SSSR count). The number of carbonyl (C=O) groups excluding carboxylic acids is 1. The minimum absolute atomic E-state index is 0.0385. The number of pyridine rings is 1. The third-order valence-corrected chi connectivity index (χ3v) is 4.49. The molecule has 1 atom stereocenters. The van der Waals surface area contributed by atoms with Crippen molar-refractivity contribution in [3.05, 3.63) is 24.0 Å². The van der Waals surface area contributed by atoms with Gasteiger partial charge in [-0.15, -0.1) is 0 Å². The molecule has 1 aromatic heterocycles. The van der Waals surface area contributed by atoms with Crippen LogP contribution in [0.1, 0.15) is 23.8 Å². The van der Waals surface area contributed by atoms with Crippen LogP contribution in [0.4, 0.5) is 10.5 Å². The van der Waals surface area contributed by atoms with Gasteiger partial charge in [-0.2, -0.15) is 11.8 Å². The van der Waals surface area contributed by atoms with Crippen molar-refractivity contribution in [1.82, 2.24) is 9.88 Å². The summed E-state index contributed by atoms with van der Waals surface area (Å²) in [4.78, 5) is 28.4. The number of aromatic nitrogens is 1. The molecule has 1 aliphatic heterocycles. The predicted octanol–water partition coefficient (Wildman–Crippen LogP) is 2.14. The second kappa shape index (κ2) is 6.60. The van der Waals surface area contributed by atoms with Gasteiger partial charge in [0, 0.05) is 24.1 Å². The van der Waals surface area contributed by atoms with E-state index < -0.39 is 5.97 Å². The number of nitrogens with one attached hydrogen (secondary N) is 1. The summed E-state index contributed by atoms with van der Waals surface area (Å²) in [5.74, 6) is -0.135. The van der Waals surface area contributed by atoms with Crippen LogP contribution >= 0.6 is 11.8 Å². The molecule has 1 unspecified atom stereocenters. The molecule has 0 spiro atoms. The fourth-order valence-electron chi connectivity index (χ4n) is 1.95. The molecule has 20 heavy (non-hydrogen) atoms. The summed E-state index contributed by atoms with van der Waals surface area (Å²) in [7, 11) is 0. The molecule has 1 saturated heterocycles. The van der Waals surface area contributed by atoms with Crippen molar-refractivity contribution in [1.29, 1.82) is 0 Å². The minimum atomic E-state index is -1.08. The first kappa shape index (κ1) is 14.6. The Morgan fingerprint density at radius 2 is 2.35 bits per heavy atom. The van der Waals surface area contributed by atoms with E-state index in [1.54, 1.807) is 11.0 Å². The van der Waals surface area contributed by atoms with Gasteiger partial charge in [0.2, 0.25) is 0 Å². The van der Waals surface area contributed by atoms with Crippen LogP contribution in [0.25, 0.3) is 0 Å². The van der Waals surface area contributed by atoms with Crippen LogP contribution in [0.3, 0.4) is 0 Å². The Bertz CT molecular complexity index is 492. The second-order valence-corrected chi connectivity index (χ2v) is 5.92. The predicted molar refractivity (Wildman–Crippen MR) is 78.3 cm³/mol. The van der Waals surface area contributed by atoms with E-state index in [0.29, 0.717) is 10.9 Å². The standard InChI is InChI=1S/C13H17N3O3S/c1-2-10-8-16(5-6-20-10)13(19)15-9-3-4-11(12(17)18)14-7-9/h3-4,7,10H,2,5-6,8H2,1H3,(H,15,19)(H,17,18). The highest BCUT2D eigenvalue weighted by molar-refractivity contribution is 8.00.